The van der Waals surface area contributed by atoms with Crippen molar-refractivity contribution in [3.63, 3.8) is 0 Å². The summed E-state index contributed by atoms with van der Waals surface area (Å²) < 4.78 is 12.1. The number of nitrogens with one attached hydrogen (secondary N) is 1. The van der Waals surface area contributed by atoms with Crippen molar-refractivity contribution in [2.45, 2.75) is 45.8 Å². The zero-order chi connectivity index (χ0) is 30.9. The van der Waals surface area contributed by atoms with E-state index >= 15 is 0 Å². The first-order chi connectivity index (χ1) is 20.7. The summed E-state index contributed by atoms with van der Waals surface area (Å²) in [5.41, 5.74) is 5.00. The average molecular weight is 582 g/mol. The van der Waals surface area contributed by atoms with Crippen LogP contribution in [0.5, 0.6) is 11.5 Å². The summed E-state index contributed by atoms with van der Waals surface area (Å²) in [6, 6.07) is 25.9. The summed E-state index contributed by atoms with van der Waals surface area (Å²) in [6.07, 6.45) is -1.22. The van der Waals surface area contributed by atoms with Gasteiger partial charge in [0, 0.05) is 24.2 Å². The SMILES string of the molecule is Cc1c(COc2cc(OCc3cccc(C#N)c3)c(CN[C@H](C(=O)O)C(C)O)cc2[N+](=O)[O-])cccc1-c1ccccc1. The summed E-state index contributed by atoms with van der Waals surface area (Å²) in [6.45, 7) is 3.25. The van der Waals surface area contributed by atoms with Gasteiger partial charge in [0.15, 0.2) is 0 Å². The molecule has 10 heteroatoms. The molecule has 0 aliphatic carbocycles. The second-order valence-corrected chi connectivity index (χ2v) is 9.97. The third kappa shape index (κ3) is 7.74. The molecule has 0 saturated carbocycles. The van der Waals surface area contributed by atoms with Gasteiger partial charge in [0.2, 0.25) is 5.75 Å². The minimum Gasteiger partial charge on any atom is -0.488 e. The van der Waals surface area contributed by atoms with Crippen molar-refractivity contribution in [2.24, 2.45) is 0 Å². The highest BCUT2D eigenvalue weighted by Crippen LogP contribution is 2.36. The largest absolute Gasteiger partial charge is 0.488 e. The molecular formula is C33H31N3O7. The molecule has 0 bridgehead atoms. The third-order valence-electron chi connectivity index (χ3n) is 6.96. The van der Waals surface area contributed by atoms with Crippen molar-refractivity contribution in [3.8, 4) is 28.7 Å². The molecule has 220 valence electrons. The van der Waals surface area contributed by atoms with E-state index in [1.807, 2.05) is 55.5 Å². The number of carboxylic acid groups (broad SMARTS) is 1. The molecule has 0 heterocycles. The molecule has 0 aromatic heterocycles. The molecule has 4 aromatic carbocycles. The van der Waals surface area contributed by atoms with Gasteiger partial charge in [-0.1, -0.05) is 60.7 Å². The van der Waals surface area contributed by atoms with Crippen molar-refractivity contribution in [3.05, 3.63) is 123 Å². The molecule has 43 heavy (non-hydrogen) atoms. The van der Waals surface area contributed by atoms with E-state index < -0.39 is 23.0 Å². The van der Waals surface area contributed by atoms with E-state index in [0.717, 1.165) is 22.3 Å². The second kappa shape index (κ2) is 14.1. The fourth-order valence-corrected chi connectivity index (χ4v) is 4.63. The number of ether oxygens (including phenoxy) is 2. The number of nitriles is 1. The molecule has 0 radical (unpaired) electrons. The Morgan fingerprint density at radius 1 is 0.977 bits per heavy atom. The van der Waals surface area contributed by atoms with E-state index in [9.17, 15) is 30.4 Å². The molecule has 0 fully saturated rings. The minimum absolute atomic E-state index is 0.0237. The van der Waals surface area contributed by atoms with E-state index in [1.165, 1.54) is 19.1 Å². The smallest absolute Gasteiger partial charge is 0.323 e. The maximum atomic E-state index is 12.1. The summed E-state index contributed by atoms with van der Waals surface area (Å²) in [7, 11) is 0. The number of aliphatic hydroxyl groups excluding tert-OH is 1. The Morgan fingerprint density at radius 2 is 1.70 bits per heavy atom. The zero-order valence-electron chi connectivity index (χ0n) is 23.7. The molecule has 0 aliphatic heterocycles. The van der Waals surface area contributed by atoms with Gasteiger partial charge in [0.1, 0.15) is 25.0 Å². The summed E-state index contributed by atoms with van der Waals surface area (Å²) in [4.78, 5) is 23.1. The molecule has 0 spiro atoms. The van der Waals surface area contributed by atoms with Crippen LogP contribution in [-0.2, 0) is 24.6 Å². The summed E-state index contributed by atoms with van der Waals surface area (Å²) in [5.74, 6) is -1.07. The number of hydrogen-bond acceptors (Lipinski definition) is 8. The lowest BCUT2D eigenvalue weighted by Gasteiger charge is -2.19. The normalized spacial score (nSPS) is 12.1. The highest BCUT2D eigenvalue weighted by molar-refractivity contribution is 5.74. The van der Waals surface area contributed by atoms with E-state index in [2.05, 4.69) is 11.4 Å². The zero-order valence-corrected chi connectivity index (χ0v) is 23.7. The van der Waals surface area contributed by atoms with Crippen molar-refractivity contribution in [1.29, 1.82) is 5.26 Å². The van der Waals surface area contributed by atoms with Gasteiger partial charge in [0.25, 0.3) is 0 Å². The van der Waals surface area contributed by atoms with Gasteiger partial charge in [-0.15, -0.1) is 0 Å². The molecule has 4 aromatic rings. The molecule has 10 nitrogen and oxygen atoms in total. The van der Waals surface area contributed by atoms with Gasteiger partial charge in [0.05, 0.1) is 22.7 Å². The lowest BCUT2D eigenvalue weighted by Crippen LogP contribution is -2.44. The lowest BCUT2D eigenvalue weighted by molar-refractivity contribution is -0.386. The highest BCUT2D eigenvalue weighted by atomic mass is 16.6. The van der Waals surface area contributed by atoms with Crippen LogP contribution in [0.25, 0.3) is 11.1 Å². The summed E-state index contributed by atoms with van der Waals surface area (Å²) >= 11 is 0. The number of rotatable bonds is 13. The predicted octanol–water partition coefficient (Wildman–Crippen LogP) is 5.52. The minimum atomic E-state index is -1.31. The van der Waals surface area contributed by atoms with Crippen LogP contribution in [-0.4, -0.2) is 33.3 Å². The van der Waals surface area contributed by atoms with Crippen LogP contribution >= 0.6 is 0 Å². The quantitative estimate of drug-likeness (QED) is 0.137. The third-order valence-corrected chi connectivity index (χ3v) is 6.96. The monoisotopic (exact) mass is 581 g/mol. The number of carboxylic acids is 1. The fourth-order valence-electron chi connectivity index (χ4n) is 4.63. The molecule has 0 aliphatic rings. The van der Waals surface area contributed by atoms with Crippen molar-refractivity contribution in [2.75, 3.05) is 0 Å². The Balaban J connectivity index is 1.66. The Bertz CT molecular complexity index is 1650. The predicted molar refractivity (Wildman–Crippen MR) is 159 cm³/mol. The first-order valence-corrected chi connectivity index (χ1v) is 13.5. The van der Waals surface area contributed by atoms with Crippen LogP contribution in [0.3, 0.4) is 0 Å². The molecular weight excluding hydrogens is 550 g/mol. The first-order valence-electron chi connectivity index (χ1n) is 13.5. The van der Waals surface area contributed by atoms with Gasteiger partial charge in [-0.25, -0.2) is 0 Å². The van der Waals surface area contributed by atoms with Gasteiger partial charge >= 0.3 is 11.7 Å². The molecule has 0 amide bonds. The Labute approximate surface area is 248 Å². The van der Waals surface area contributed by atoms with Crippen molar-refractivity contribution >= 4 is 11.7 Å². The average Bonchev–Trinajstić information content (AvgIpc) is 3.00. The second-order valence-electron chi connectivity index (χ2n) is 9.97. The maximum absolute atomic E-state index is 12.1. The van der Waals surface area contributed by atoms with Gasteiger partial charge in [-0.05, 0) is 53.8 Å². The topological polar surface area (TPSA) is 155 Å². The summed E-state index contributed by atoms with van der Waals surface area (Å²) in [5, 5.41) is 43.4. The van der Waals surface area contributed by atoms with Crippen LogP contribution in [0, 0.1) is 28.4 Å². The van der Waals surface area contributed by atoms with Crippen LogP contribution in [0.4, 0.5) is 5.69 Å². The van der Waals surface area contributed by atoms with Crippen LogP contribution < -0.4 is 14.8 Å². The number of hydrogen-bond donors (Lipinski definition) is 3. The van der Waals surface area contributed by atoms with E-state index in [4.69, 9.17) is 9.47 Å². The number of benzene rings is 4. The molecule has 1 unspecified atom stereocenters. The number of carbonyl (C=O) groups is 1. The van der Waals surface area contributed by atoms with Crippen LogP contribution in [0.15, 0.2) is 84.9 Å². The number of nitro benzene ring substituents is 1. The number of nitro groups is 1. The number of aliphatic carboxylic acids is 1. The standard InChI is InChI=1S/C33H31N3O7/c1-21-26(12-7-13-28(21)25-10-4-3-5-11-25)20-43-31-16-30(42-19-24-9-6-8-23(14-24)17-34)27(15-29(31)36(40)41)18-35-32(22(2)37)33(38)39/h3-16,22,32,35,37H,18-20H2,1-2H3,(H,38,39)/t22?,32-/m0/s1. The van der Waals surface area contributed by atoms with Crippen LogP contribution in [0.1, 0.15) is 34.7 Å². The number of nitrogens with zero attached hydrogens (tertiary/aromatic N) is 2. The molecule has 3 N–H and O–H groups in total. The Morgan fingerprint density at radius 3 is 2.37 bits per heavy atom. The van der Waals surface area contributed by atoms with Gasteiger partial charge in [-0.3, -0.25) is 20.2 Å². The lowest BCUT2D eigenvalue weighted by atomic mass is 9.97. The van der Waals surface area contributed by atoms with Gasteiger partial charge in [-0.2, -0.15) is 5.26 Å². The van der Waals surface area contributed by atoms with Gasteiger partial charge < -0.3 is 19.7 Å². The Kier molecular flexibility index (Phi) is 10.1. The van der Waals surface area contributed by atoms with Crippen molar-refractivity contribution < 1.29 is 29.4 Å². The number of aliphatic hydroxyl groups is 1. The molecule has 2 atom stereocenters. The Hall–Kier alpha value is -5.24. The van der Waals surface area contributed by atoms with E-state index in [1.54, 1.807) is 24.3 Å². The molecule has 0 saturated heterocycles. The van der Waals surface area contributed by atoms with E-state index in [0.29, 0.717) is 16.7 Å². The molecule has 4 rings (SSSR count). The maximum Gasteiger partial charge on any atom is 0.323 e. The van der Waals surface area contributed by atoms with Crippen molar-refractivity contribution in [1.82, 2.24) is 5.32 Å². The highest BCUT2D eigenvalue weighted by Gasteiger charge is 2.25. The first kappa shape index (κ1) is 30.7. The van der Waals surface area contributed by atoms with E-state index in [-0.39, 0.29) is 36.9 Å². The fraction of sp³-hybridized carbons (Fsp3) is 0.212. The van der Waals surface area contributed by atoms with Crippen LogP contribution in [0.2, 0.25) is 0 Å².